The van der Waals surface area contributed by atoms with Crippen molar-refractivity contribution in [3.63, 3.8) is 0 Å². The van der Waals surface area contributed by atoms with Gasteiger partial charge in [0.1, 0.15) is 30.3 Å². The first-order valence-corrected chi connectivity index (χ1v) is 8.35. The lowest BCUT2D eigenvalue weighted by Gasteiger charge is -2.20. The molecule has 3 rings (SSSR count). The number of aliphatic hydroxyl groups is 1. The molecule has 2 atom stereocenters. The van der Waals surface area contributed by atoms with Crippen LogP contribution in [0.2, 0.25) is 0 Å². The fourth-order valence-corrected chi connectivity index (χ4v) is 2.85. The summed E-state index contributed by atoms with van der Waals surface area (Å²) in [6.45, 7) is 4.67. The van der Waals surface area contributed by atoms with Gasteiger partial charge in [0.15, 0.2) is 0 Å². The molecule has 2 unspecified atom stereocenters. The molecule has 0 amide bonds. The highest BCUT2D eigenvalue weighted by Crippen LogP contribution is 2.18. The normalized spacial score (nSPS) is 19.2. The molecule has 1 N–H and O–H groups in total. The summed E-state index contributed by atoms with van der Waals surface area (Å²) in [5.74, 6) is 1.59. The Morgan fingerprint density at radius 2 is 2.08 bits per heavy atom. The largest absolute Gasteiger partial charge is 0.491 e. The van der Waals surface area contributed by atoms with Crippen molar-refractivity contribution < 1.29 is 14.6 Å². The molecule has 5 nitrogen and oxygen atoms in total. The van der Waals surface area contributed by atoms with E-state index in [4.69, 9.17) is 9.47 Å². The maximum absolute atomic E-state index is 10.2. The SMILES string of the molecule is Cc1ccc(OCC(O)CN2CCC(Oc3cccnc3)C2)cc1. The fraction of sp³-hybridized carbons (Fsp3) is 0.421. The Morgan fingerprint density at radius 3 is 2.83 bits per heavy atom. The zero-order valence-corrected chi connectivity index (χ0v) is 14.0. The Bertz CT molecular complexity index is 618. The summed E-state index contributed by atoms with van der Waals surface area (Å²) < 4.78 is 11.5. The van der Waals surface area contributed by atoms with Gasteiger partial charge >= 0.3 is 0 Å². The summed E-state index contributed by atoms with van der Waals surface area (Å²) in [6.07, 6.45) is 4.06. The van der Waals surface area contributed by atoms with Gasteiger partial charge in [0, 0.05) is 25.8 Å². The molecule has 1 aromatic carbocycles. The van der Waals surface area contributed by atoms with Crippen molar-refractivity contribution in [2.75, 3.05) is 26.2 Å². The molecule has 0 saturated carbocycles. The average molecular weight is 328 g/mol. The summed E-state index contributed by atoms with van der Waals surface area (Å²) in [4.78, 5) is 6.27. The van der Waals surface area contributed by atoms with Gasteiger partial charge in [-0.2, -0.15) is 0 Å². The Hall–Kier alpha value is -2.11. The zero-order chi connectivity index (χ0) is 16.8. The number of β-amino-alcohol motifs (C(OH)–C–C–N with tert-alkyl or cyclic N) is 1. The predicted octanol–water partition coefficient (Wildman–Crippen LogP) is 2.28. The van der Waals surface area contributed by atoms with E-state index in [-0.39, 0.29) is 6.10 Å². The van der Waals surface area contributed by atoms with Crippen molar-refractivity contribution >= 4 is 0 Å². The second-order valence-corrected chi connectivity index (χ2v) is 6.25. The monoisotopic (exact) mass is 328 g/mol. The van der Waals surface area contributed by atoms with Crippen LogP contribution < -0.4 is 9.47 Å². The van der Waals surface area contributed by atoms with Crippen LogP contribution in [0, 0.1) is 6.92 Å². The molecule has 24 heavy (non-hydrogen) atoms. The van der Waals surface area contributed by atoms with E-state index in [1.165, 1.54) is 5.56 Å². The van der Waals surface area contributed by atoms with Crippen molar-refractivity contribution in [2.24, 2.45) is 0 Å². The molecule has 1 aliphatic rings. The summed E-state index contributed by atoms with van der Waals surface area (Å²) in [6, 6.07) is 11.6. The molecule has 0 aliphatic carbocycles. The van der Waals surface area contributed by atoms with Crippen LogP contribution in [0.25, 0.3) is 0 Å². The number of aryl methyl sites for hydroxylation is 1. The van der Waals surface area contributed by atoms with Gasteiger partial charge in [0.05, 0.1) is 6.20 Å². The molecule has 1 saturated heterocycles. The minimum absolute atomic E-state index is 0.152. The highest BCUT2D eigenvalue weighted by molar-refractivity contribution is 5.26. The van der Waals surface area contributed by atoms with E-state index >= 15 is 0 Å². The highest BCUT2D eigenvalue weighted by Gasteiger charge is 2.25. The van der Waals surface area contributed by atoms with Crippen molar-refractivity contribution in [2.45, 2.75) is 25.6 Å². The van der Waals surface area contributed by atoms with E-state index in [2.05, 4.69) is 9.88 Å². The van der Waals surface area contributed by atoms with E-state index < -0.39 is 6.10 Å². The molecule has 5 heteroatoms. The zero-order valence-electron chi connectivity index (χ0n) is 14.0. The smallest absolute Gasteiger partial charge is 0.138 e. The van der Waals surface area contributed by atoms with Gasteiger partial charge in [-0.25, -0.2) is 0 Å². The average Bonchev–Trinajstić information content (AvgIpc) is 3.02. The number of nitrogens with zero attached hydrogens (tertiary/aromatic N) is 2. The molecule has 2 aromatic rings. The van der Waals surface area contributed by atoms with E-state index in [0.717, 1.165) is 31.0 Å². The lowest BCUT2D eigenvalue weighted by molar-refractivity contribution is 0.0720. The van der Waals surface area contributed by atoms with Crippen LogP contribution in [-0.2, 0) is 0 Å². The van der Waals surface area contributed by atoms with Crippen LogP contribution in [0.15, 0.2) is 48.8 Å². The first-order chi connectivity index (χ1) is 11.7. The summed E-state index contributed by atoms with van der Waals surface area (Å²) in [7, 11) is 0. The third-order valence-electron chi connectivity index (χ3n) is 4.10. The third kappa shape index (κ3) is 4.94. The van der Waals surface area contributed by atoms with Crippen LogP contribution in [0.5, 0.6) is 11.5 Å². The lowest BCUT2D eigenvalue weighted by atomic mass is 10.2. The number of pyridine rings is 1. The van der Waals surface area contributed by atoms with Crippen molar-refractivity contribution in [3.05, 3.63) is 54.4 Å². The lowest BCUT2D eigenvalue weighted by Crippen LogP contribution is -2.35. The number of hydrogen-bond acceptors (Lipinski definition) is 5. The first kappa shape index (κ1) is 16.7. The number of likely N-dealkylation sites (tertiary alicyclic amines) is 1. The molecule has 1 aromatic heterocycles. The number of rotatable bonds is 7. The molecule has 128 valence electrons. The van der Waals surface area contributed by atoms with Gasteiger partial charge in [-0.05, 0) is 37.6 Å². The van der Waals surface area contributed by atoms with Gasteiger partial charge < -0.3 is 14.6 Å². The number of aromatic nitrogens is 1. The Balaban J connectivity index is 1.39. The van der Waals surface area contributed by atoms with Gasteiger partial charge in [-0.3, -0.25) is 9.88 Å². The maximum atomic E-state index is 10.2. The third-order valence-corrected chi connectivity index (χ3v) is 4.10. The van der Waals surface area contributed by atoms with Gasteiger partial charge in [-0.15, -0.1) is 0 Å². The molecule has 0 radical (unpaired) electrons. The molecular formula is C19H24N2O3. The van der Waals surface area contributed by atoms with Gasteiger partial charge in [0.2, 0.25) is 0 Å². The molecular weight excluding hydrogens is 304 g/mol. The standard InChI is InChI=1S/C19H24N2O3/c1-15-4-6-17(7-5-15)23-14-16(22)12-21-10-8-19(13-21)24-18-3-2-9-20-11-18/h2-7,9,11,16,19,22H,8,10,12-14H2,1H3. The van der Waals surface area contributed by atoms with Crippen molar-refractivity contribution in [3.8, 4) is 11.5 Å². The number of benzene rings is 1. The Kier molecular flexibility index (Phi) is 5.67. The highest BCUT2D eigenvalue weighted by atomic mass is 16.5. The van der Waals surface area contributed by atoms with Crippen LogP contribution in [-0.4, -0.2) is 53.4 Å². The van der Waals surface area contributed by atoms with Crippen molar-refractivity contribution in [1.29, 1.82) is 0 Å². The molecule has 0 bridgehead atoms. The number of ether oxygens (including phenoxy) is 2. The van der Waals surface area contributed by atoms with E-state index in [9.17, 15) is 5.11 Å². The van der Waals surface area contributed by atoms with Crippen LogP contribution in [0.3, 0.4) is 0 Å². The fourth-order valence-electron chi connectivity index (χ4n) is 2.85. The summed E-state index contributed by atoms with van der Waals surface area (Å²) >= 11 is 0. The topological polar surface area (TPSA) is 54.8 Å². The minimum Gasteiger partial charge on any atom is -0.491 e. The van der Waals surface area contributed by atoms with Crippen LogP contribution >= 0.6 is 0 Å². The van der Waals surface area contributed by atoms with Crippen LogP contribution in [0.1, 0.15) is 12.0 Å². The second kappa shape index (κ2) is 8.13. The van der Waals surface area contributed by atoms with E-state index in [0.29, 0.717) is 13.2 Å². The molecule has 2 heterocycles. The number of hydrogen-bond donors (Lipinski definition) is 1. The maximum Gasteiger partial charge on any atom is 0.138 e. The molecule has 0 spiro atoms. The first-order valence-electron chi connectivity index (χ1n) is 8.35. The molecule has 1 fully saturated rings. The quantitative estimate of drug-likeness (QED) is 0.845. The second-order valence-electron chi connectivity index (χ2n) is 6.25. The van der Waals surface area contributed by atoms with E-state index in [1.54, 1.807) is 12.4 Å². The van der Waals surface area contributed by atoms with Gasteiger partial charge in [-0.1, -0.05) is 17.7 Å². The van der Waals surface area contributed by atoms with Crippen molar-refractivity contribution in [1.82, 2.24) is 9.88 Å². The number of aliphatic hydroxyl groups excluding tert-OH is 1. The van der Waals surface area contributed by atoms with E-state index in [1.807, 2.05) is 43.3 Å². The predicted molar refractivity (Wildman–Crippen MR) is 92.4 cm³/mol. The molecule has 1 aliphatic heterocycles. The minimum atomic E-state index is -0.511. The Labute approximate surface area is 142 Å². The Morgan fingerprint density at radius 1 is 1.25 bits per heavy atom. The van der Waals surface area contributed by atoms with Crippen LogP contribution in [0.4, 0.5) is 0 Å². The summed E-state index contributed by atoms with van der Waals surface area (Å²) in [5, 5.41) is 10.2. The summed E-state index contributed by atoms with van der Waals surface area (Å²) in [5.41, 5.74) is 1.19. The van der Waals surface area contributed by atoms with Gasteiger partial charge in [0.25, 0.3) is 0 Å².